The Hall–Kier alpha value is -2.51. The van der Waals surface area contributed by atoms with Crippen molar-refractivity contribution in [2.24, 2.45) is 5.92 Å². The van der Waals surface area contributed by atoms with Crippen LogP contribution in [0.2, 0.25) is 0 Å². The standard InChI is InChI=1S/C20H25F2N3O3/c1-12-8-14(9-15(21)18(12)22)24-4-6-25(7-5-24)19(28)13(2)11-20(3)16(26)10-17(27)23-20/h8-9,13H,4-7,10-11H2,1-3H3,(H,23,27)/t13-,20+/m0/s1. The van der Waals surface area contributed by atoms with Crippen molar-refractivity contribution < 1.29 is 23.2 Å². The fraction of sp³-hybridized carbons (Fsp3) is 0.550. The number of carbonyl (C=O) groups excluding carboxylic acids is 3. The molecule has 2 aliphatic heterocycles. The van der Waals surface area contributed by atoms with Gasteiger partial charge in [-0.05, 0) is 31.9 Å². The Balaban J connectivity index is 1.59. The van der Waals surface area contributed by atoms with E-state index in [1.54, 1.807) is 24.8 Å². The summed E-state index contributed by atoms with van der Waals surface area (Å²) in [5, 5.41) is 2.68. The zero-order valence-electron chi connectivity index (χ0n) is 16.3. The maximum absolute atomic E-state index is 13.7. The molecule has 152 valence electrons. The maximum atomic E-state index is 13.7. The topological polar surface area (TPSA) is 69.7 Å². The van der Waals surface area contributed by atoms with E-state index in [-0.39, 0.29) is 36.0 Å². The molecule has 0 bridgehead atoms. The number of piperazine rings is 1. The van der Waals surface area contributed by atoms with E-state index < -0.39 is 23.1 Å². The lowest BCUT2D eigenvalue weighted by Gasteiger charge is -2.38. The average Bonchev–Trinajstić information content (AvgIpc) is 2.90. The van der Waals surface area contributed by atoms with Crippen LogP contribution in [0.5, 0.6) is 0 Å². The molecular formula is C20H25F2N3O3. The Morgan fingerprint density at radius 3 is 2.39 bits per heavy atom. The summed E-state index contributed by atoms with van der Waals surface area (Å²) in [5.41, 5.74) is -0.140. The molecule has 0 spiro atoms. The first kappa shape index (κ1) is 20.2. The van der Waals surface area contributed by atoms with Crippen LogP contribution in [-0.4, -0.2) is 54.2 Å². The molecular weight excluding hydrogens is 368 g/mol. The van der Waals surface area contributed by atoms with E-state index in [0.717, 1.165) is 0 Å². The van der Waals surface area contributed by atoms with Gasteiger partial charge in [-0.2, -0.15) is 0 Å². The van der Waals surface area contributed by atoms with Crippen molar-refractivity contribution in [2.45, 2.75) is 39.2 Å². The van der Waals surface area contributed by atoms with Crippen LogP contribution in [0.1, 0.15) is 32.3 Å². The van der Waals surface area contributed by atoms with E-state index in [1.807, 2.05) is 4.90 Å². The minimum atomic E-state index is -0.989. The molecule has 2 aliphatic rings. The molecule has 6 nitrogen and oxygen atoms in total. The predicted octanol–water partition coefficient (Wildman–Crippen LogP) is 1.80. The third-order valence-corrected chi connectivity index (χ3v) is 5.64. The lowest BCUT2D eigenvalue weighted by atomic mass is 9.87. The van der Waals surface area contributed by atoms with Crippen molar-refractivity contribution in [3.63, 3.8) is 0 Å². The number of amides is 2. The summed E-state index contributed by atoms with van der Waals surface area (Å²) in [4.78, 5) is 40.0. The van der Waals surface area contributed by atoms with Crippen LogP contribution in [0.3, 0.4) is 0 Å². The number of hydrogen-bond donors (Lipinski definition) is 1. The van der Waals surface area contributed by atoms with Crippen LogP contribution in [-0.2, 0) is 14.4 Å². The molecule has 3 rings (SSSR count). The lowest BCUT2D eigenvalue weighted by Crippen LogP contribution is -2.52. The van der Waals surface area contributed by atoms with Crippen LogP contribution in [0.4, 0.5) is 14.5 Å². The van der Waals surface area contributed by atoms with Gasteiger partial charge < -0.3 is 15.1 Å². The molecule has 2 saturated heterocycles. The van der Waals surface area contributed by atoms with Gasteiger partial charge in [-0.25, -0.2) is 8.78 Å². The summed E-state index contributed by atoms with van der Waals surface area (Å²) in [6, 6.07) is 2.78. The smallest absolute Gasteiger partial charge is 0.228 e. The number of aryl methyl sites for hydroxylation is 1. The number of anilines is 1. The number of benzene rings is 1. The Morgan fingerprint density at radius 1 is 1.21 bits per heavy atom. The molecule has 1 aromatic rings. The summed E-state index contributed by atoms with van der Waals surface area (Å²) in [5.74, 6) is -2.69. The van der Waals surface area contributed by atoms with Gasteiger partial charge in [-0.3, -0.25) is 14.4 Å². The highest BCUT2D eigenvalue weighted by Gasteiger charge is 2.44. The van der Waals surface area contributed by atoms with Crippen molar-refractivity contribution in [3.05, 3.63) is 29.3 Å². The third-order valence-electron chi connectivity index (χ3n) is 5.64. The summed E-state index contributed by atoms with van der Waals surface area (Å²) in [7, 11) is 0. The van der Waals surface area contributed by atoms with Crippen molar-refractivity contribution >= 4 is 23.3 Å². The third kappa shape index (κ3) is 3.86. The average molecular weight is 393 g/mol. The first-order chi connectivity index (χ1) is 13.1. The molecule has 0 aromatic heterocycles. The van der Waals surface area contributed by atoms with Crippen molar-refractivity contribution in [1.29, 1.82) is 0 Å². The molecule has 2 heterocycles. The fourth-order valence-corrected chi connectivity index (χ4v) is 4.01. The number of hydrogen-bond acceptors (Lipinski definition) is 4. The zero-order valence-corrected chi connectivity index (χ0v) is 16.3. The Morgan fingerprint density at radius 2 is 1.86 bits per heavy atom. The molecule has 8 heteroatoms. The second kappa shape index (κ2) is 7.48. The van der Waals surface area contributed by atoms with Gasteiger partial charge in [-0.1, -0.05) is 6.92 Å². The highest BCUT2D eigenvalue weighted by atomic mass is 19.2. The summed E-state index contributed by atoms with van der Waals surface area (Å²) in [6.45, 7) is 6.87. The highest BCUT2D eigenvalue weighted by Crippen LogP contribution is 2.27. The molecule has 0 aliphatic carbocycles. The number of halogens is 2. The van der Waals surface area contributed by atoms with Gasteiger partial charge in [0.05, 0.1) is 12.0 Å². The Labute approximate surface area is 162 Å². The second-order valence-corrected chi connectivity index (χ2v) is 7.96. The van der Waals surface area contributed by atoms with E-state index in [4.69, 9.17) is 0 Å². The minimum absolute atomic E-state index is 0.0729. The molecule has 2 fully saturated rings. The largest absolute Gasteiger partial charge is 0.368 e. The number of nitrogens with one attached hydrogen (secondary N) is 1. The van der Waals surface area contributed by atoms with Crippen LogP contribution < -0.4 is 10.2 Å². The van der Waals surface area contributed by atoms with Gasteiger partial charge in [-0.15, -0.1) is 0 Å². The first-order valence-corrected chi connectivity index (χ1v) is 9.44. The van der Waals surface area contributed by atoms with E-state index in [9.17, 15) is 23.2 Å². The van der Waals surface area contributed by atoms with Gasteiger partial charge in [0, 0.05) is 43.9 Å². The summed E-state index contributed by atoms with van der Waals surface area (Å²) >= 11 is 0. The summed E-state index contributed by atoms with van der Waals surface area (Å²) < 4.78 is 27.2. The number of ketones is 1. The van der Waals surface area contributed by atoms with Gasteiger partial charge >= 0.3 is 0 Å². The fourth-order valence-electron chi connectivity index (χ4n) is 4.01. The number of Topliss-reactive ketones (excluding diaryl/α,β-unsaturated/α-hetero) is 1. The monoisotopic (exact) mass is 393 g/mol. The highest BCUT2D eigenvalue weighted by molar-refractivity contribution is 6.10. The van der Waals surface area contributed by atoms with E-state index >= 15 is 0 Å². The van der Waals surface area contributed by atoms with Crippen LogP contribution in [0, 0.1) is 24.5 Å². The summed E-state index contributed by atoms with van der Waals surface area (Å²) in [6.07, 6.45) is 0.128. The van der Waals surface area contributed by atoms with Crippen LogP contribution >= 0.6 is 0 Å². The molecule has 2 amide bonds. The van der Waals surface area contributed by atoms with Gasteiger partial charge in [0.1, 0.15) is 0 Å². The van der Waals surface area contributed by atoms with E-state index in [1.165, 1.54) is 13.0 Å². The second-order valence-electron chi connectivity index (χ2n) is 7.96. The van der Waals surface area contributed by atoms with Crippen LogP contribution in [0.25, 0.3) is 0 Å². The Bertz CT molecular complexity index is 798. The van der Waals surface area contributed by atoms with Crippen molar-refractivity contribution in [2.75, 3.05) is 31.1 Å². The number of rotatable bonds is 4. The molecule has 2 atom stereocenters. The van der Waals surface area contributed by atoms with Crippen molar-refractivity contribution in [3.8, 4) is 0 Å². The molecule has 1 aromatic carbocycles. The minimum Gasteiger partial charge on any atom is -0.368 e. The quantitative estimate of drug-likeness (QED) is 0.792. The number of nitrogens with zero attached hydrogens (tertiary/aromatic N) is 2. The SMILES string of the molecule is Cc1cc(N2CCN(C(=O)[C@@H](C)C[C@@]3(C)NC(=O)CC3=O)CC2)cc(F)c1F. The lowest BCUT2D eigenvalue weighted by molar-refractivity contribution is -0.136. The van der Waals surface area contributed by atoms with E-state index in [2.05, 4.69) is 5.32 Å². The molecule has 0 unspecified atom stereocenters. The van der Waals surface area contributed by atoms with Gasteiger partial charge in [0.25, 0.3) is 0 Å². The normalized spacial score (nSPS) is 23.8. The Kier molecular flexibility index (Phi) is 5.41. The van der Waals surface area contributed by atoms with Gasteiger partial charge in [0.15, 0.2) is 17.4 Å². The predicted molar refractivity (Wildman–Crippen MR) is 99.8 cm³/mol. The first-order valence-electron chi connectivity index (χ1n) is 9.44. The molecule has 1 N–H and O–H groups in total. The van der Waals surface area contributed by atoms with Crippen molar-refractivity contribution in [1.82, 2.24) is 10.2 Å². The molecule has 0 saturated carbocycles. The number of carbonyl (C=O) groups is 3. The molecule has 0 radical (unpaired) electrons. The maximum Gasteiger partial charge on any atom is 0.228 e. The van der Waals surface area contributed by atoms with E-state index in [0.29, 0.717) is 31.9 Å². The van der Waals surface area contributed by atoms with Crippen LogP contribution in [0.15, 0.2) is 12.1 Å². The van der Waals surface area contributed by atoms with Gasteiger partial charge in [0.2, 0.25) is 11.8 Å². The zero-order chi connectivity index (χ0) is 20.6. The molecule has 28 heavy (non-hydrogen) atoms.